The summed E-state index contributed by atoms with van der Waals surface area (Å²) >= 11 is 0. The number of nitrogens with zero attached hydrogens (tertiary/aromatic N) is 2. The van der Waals surface area contributed by atoms with Crippen molar-refractivity contribution in [3.8, 4) is 11.5 Å². The molecule has 1 aromatic carbocycles. The Bertz CT molecular complexity index is 701. The molecule has 3 rings (SSSR count). The van der Waals surface area contributed by atoms with Crippen LogP contribution in [0.5, 0.6) is 11.5 Å². The van der Waals surface area contributed by atoms with E-state index >= 15 is 0 Å². The van der Waals surface area contributed by atoms with Gasteiger partial charge in [-0.2, -0.15) is 0 Å². The van der Waals surface area contributed by atoms with Gasteiger partial charge in [0.25, 0.3) is 0 Å². The van der Waals surface area contributed by atoms with Crippen LogP contribution in [0.2, 0.25) is 0 Å². The van der Waals surface area contributed by atoms with Crippen LogP contribution in [0.1, 0.15) is 20.3 Å². The number of amides is 2. The molecule has 0 aliphatic carbocycles. The van der Waals surface area contributed by atoms with Crippen LogP contribution in [0.15, 0.2) is 30.4 Å². The van der Waals surface area contributed by atoms with Gasteiger partial charge in [0.05, 0.1) is 5.92 Å². The van der Waals surface area contributed by atoms with E-state index in [9.17, 15) is 9.59 Å². The number of hydrogen-bond acceptors (Lipinski definition) is 4. The highest BCUT2D eigenvalue weighted by Crippen LogP contribution is 2.36. The average Bonchev–Trinajstić information content (AvgIpc) is 3.00. The topological polar surface area (TPSA) is 59.1 Å². The van der Waals surface area contributed by atoms with E-state index in [0.29, 0.717) is 44.3 Å². The summed E-state index contributed by atoms with van der Waals surface area (Å²) in [7, 11) is 0. The molecule has 0 bridgehead atoms. The lowest BCUT2D eigenvalue weighted by Gasteiger charge is -2.25. The van der Waals surface area contributed by atoms with Gasteiger partial charge in [-0.05, 0) is 26.0 Å². The van der Waals surface area contributed by atoms with E-state index < -0.39 is 0 Å². The molecule has 2 amide bonds. The van der Waals surface area contributed by atoms with Crippen molar-refractivity contribution in [2.75, 3.05) is 37.7 Å². The van der Waals surface area contributed by atoms with Crippen molar-refractivity contribution in [3.63, 3.8) is 0 Å². The molecule has 0 N–H and O–H groups in total. The third kappa shape index (κ3) is 3.62. The fraction of sp³-hybridized carbons (Fsp3) is 0.474. The van der Waals surface area contributed by atoms with Gasteiger partial charge in [-0.1, -0.05) is 12.2 Å². The van der Waals surface area contributed by atoms with E-state index in [0.717, 1.165) is 11.3 Å². The number of rotatable bonds is 5. The monoisotopic (exact) mass is 344 g/mol. The van der Waals surface area contributed by atoms with E-state index in [1.54, 1.807) is 9.80 Å². The van der Waals surface area contributed by atoms with Crippen LogP contribution in [-0.2, 0) is 9.59 Å². The van der Waals surface area contributed by atoms with Gasteiger partial charge in [-0.25, -0.2) is 0 Å². The van der Waals surface area contributed by atoms with Gasteiger partial charge >= 0.3 is 0 Å². The van der Waals surface area contributed by atoms with Gasteiger partial charge in [-0.3, -0.25) is 9.59 Å². The normalized spacial score (nSPS) is 19.0. The number of carbonyl (C=O) groups excluding carboxylic acids is 2. The largest absolute Gasteiger partial charge is 0.486 e. The van der Waals surface area contributed by atoms with Gasteiger partial charge in [0.2, 0.25) is 11.8 Å². The summed E-state index contributed by atoms with van der Waals surface area (Å²) in [6.07, 6.45) is 0.236. The predicted octanol–water partition coefficient (Wildman–Crippen LogP) is 2.24. The Morgan fingerprint density at radius 2 is 2.04 bits per heavy atom. The lowest BCUT2D eigenvalue weighted by Crippen LogP contribution is -2.38. The molecule has 134 valence electrons. The van der Waals surface area contributed by atoms with Crippen molar-refractivity contribution in [2.24, 2.45) is 5.92 Å². The molecule has 6 nitrogen and oxygen atoms in total. The van der Waals surface area contributed by atoms with Crippen LogP contribution in [0.25, 0.3) is 0 Å². The number of ether oxygens (including phenoxy) is 2. The Morgan fingerprint density at radius 1 is 1.32 bits per heavy atom. The maximum Gasteiger partial charge on any atom is 0.228 e. The highest BCUT2D eigenvalue weighted by molar-refractivity contribution is 6.00. The second kappa shape index (κ2) is 7.17. The lowest BCUT2D eigenvalue weighted by molar-refractivity contribution is -0.135. The van der Waals surface area contributed by atoms with E-state index in [1.807, 2.05) is 32.0 Å². The second-order valence-corrected chi connectivity index (χ2v) is 6.54. The van der Waals surface area contributed by atoms with Crippen molar-refractivity contribution in [3.05, 3.63) is 30.4 Å². The van der Waals surface area contributed by atoms with E-state index in [1.165, 1.54) is 0 Å². The molecule has 2 aliphatic heterocycles. The molecular weight excluding hydrogens is 320 g/mol. The molecule has 2 heterocycles. The zero-order valence-corrected chi connectivity index (χ0v) is 14.8. The molecule has 0 aromatic heterocycles. The third-order valence-electron chi connectivity index (χ3n) is 4.47. The van der Waals surface area contributed by atoms with Gasteiger partial charge in [0.15, 0.2) is 11.5 Å². The van der Waals surface area contributed by atoms with Crippen LogP contribution in [-0.4, -0.2) is 49.6 Å². The summed E-state index contributed by atoms with van der Waals surface area (Å²) in [5.41, 5.74) is 1.68. The maximum absolute atomic E-state index is 12.7. The molecule has 2 aliphatic rings. The summed E-state index contributed by atoms with van der Waals surface area (Å²) in [5.74, 6) is 0.983. The van der Waals surface area contributed by atoms with Crippen LogP contribution in [0.4, 0.5) is 5.69 Å². The number of benzene rings is 1. The average molecular weight is 344 g/mol. The Hall–Kier alpha value is -2.50. The standard InChI is InChI=1S/C19H24N2O4/c1-4-20(11-13(2)3)19(23)14-9-18(22)21(12-14)15-5-6-16-17(10-15)25-8-7-24-16/h5-6,10,14H,2,4,7-9,11-12H2,1,3H3. The summed E-state index contributed by atoms with van der Waals surface area (Å²) in [6.45, 7) is 10.3. The van der Waals surface area contributed by atoms with Gasteiger partial charge < -0.3 is 19.3 Å². The van der Waals surface area contributed by atoms with Crippen LogP contribution in [0, 0.1) is 5.92 Å². The number of anilines is 1. The summed E-state index contributed by atoms with van der Waals surface area (Å²) in [6, 6.07) is 5.46. The highest BCUT2D eigenvalue weighted by Gasteiger charge is 2.37. The summed E-state index contributed by atoms with van der Waals surface area (Å²) < 4.78 is 11.1. The molecular formula is C19H24N2O4. The zero-order chi connectivity index (χ0) is 18.0. The first-order valence-electron chi connectivity index (χ1n) is 8.62. The molecule has 25 heavy (non-hydrogen) atoms. The zero-order valence-electron chi connectivity index (χ0n) is 14.8. The van der Waals surface area contributed by atoms with Crippen molar-refractivity contribution >= 4 is 17.5 Å². The Labute approximate surface area is 148 Å². The first-order chi connectivity index (χ1) is 12.0. The molecule has 1 atom stereocenters. The van der Waals surface area contributed by atoms with Crippen LogP contribution in [0.3, 0.4) is 0 Å². The molecule has 1 fully saturated rings. The van der Waals surface area contributed by atoms with Gasteiger partial charge in [0, 0.05) is 37.8 Å². The van der Waals surface area contributed by atoms with Crippen molar-refractivity contribution in [1.29, 1.82) is 0 Å². The van der Waals surface area contributed by atoms with Crippen LogP contribution < -0.4 is 14.4 Å². The number of fused-ring (bicyclic) bond motifs is 1. The fourth-order valence-corrected chi connectivity index (χ4v) is 3.25. The number of carbonyl (C=O) groups is 2. The minimum atomic E-state index is -0.319. The first-order valence-corrected chi connectivity index (χ1v) is 8.62. The molecule has 0 saturated carbocycles. The predicted molar refractivity (Wildman–Crippen MR) is 95.0 cm³/mol. The first kappa shape index (κ1) is 17.3. The molecule has 0 radical (unpaired) electrons. The Balaban J connectivity index is 1.74. The SMILES string of the molecule is C=C(C)CN(CC)C(=O)C1CC(=O)N(c2ccc3c(c2)OCCO3)C1. The molecule has 6 heteroatoms. The summed E-state index contributed by atoms with van der Waals surface area (Å²) in [5, 5.41) is 0. The van der Waals surface area contributed by atoms with Gasteiger partial charge in [0.1, 0.15) is 13.2 Å². The Morgan fingerprint density at radius 3 is 2.72 bits per heavy atom. The highest BCUT2D eigenvalue weighted by atomic mass is 16.6. The minimum Gasteiger partial charge on any atom is -0.486 e. The number of likely N-dealkylation sites (N-methyl/N-ethyl adjacent to an activating group) is 1. The second-order valence-electron chi connectivity index (χ2n) is 6.54. The maximum atomic E-state index is 12.7. The quantitative estimate of drug-likeness (QED) is 0.769. The van der Waals surface area contributed by atoms with E-state index in [2.05, 4.69) is 6.58 Å². The lowest BCUT2D eigenvalue weighted by atomic mass is 10.1. The Kier molecular flexibility index (Phi) is 4.97. The van der Waals surface area contributed by atoms with E-state index in [-0.39, 0.29) is 24.2 Å². The van der Waals surface area contributed by atoms with Gasteiger partial charge in [-0.15, -0.1) is 0 Å². The molecule has 1 aromatic rings. The fourth-order valence-electron chi connectivity index (χ4n) is 3.25. The smallest absolute Gasteiger partial charge is 0.228 e. The van der Waals surface area contributed by atoms with Crippen molar-refractivity contribution < 1.29 is 19.1 Å². The van der Waals surface area contributed by atoms with Crippen molar-refractivity contribution in [1.82, 2.24) is 4.90 Å². The van der Waals surface area contributed by atoms with E-state index in [4.69, 9.17) is 9.47 Å². The van der Waals surface area contributed by atoms with Crippen molar-refractivity contribution in [2.45, 2.75) is 20.3 Å². The van der Waals surface area contributed by atoms with Crippen LogP contribution >= 0.6 is 0 Å². The third-order valence-corrected chi connectivity index (χ3v) is 4.47. The molecule has 1 unspecified atom stereocenters. The number of hydrogen-bond donors (Lipinski definition) is 0. The molecule has 0 spiro atoms. The minimum absolute atomic E-state index is 0.0129. The summed E-state index contributed by atoms with van der Waals surface area (Å²) in [4.78, 5) is 28.6. The molecule has 1 saturated heterocycles.